The van der Waals surface area contributed by atoms with Gasteiger partial charge in [0.2, 0.25) is 0 Å². The van der Waals surface area contributed by atoms with Crippen molar-refractivity contribution >= 4 is 34.9 Å². The number of nitrogens with one attached hydrogen (secondary N) is 2. The van der Waals surface area contributed by atoms with Gasteiger partial charge >= 0.3 is 5.97 Å². The van der Waals surface area contributed by atoms with Gasteiger partial charge in [0.25, 0.3) is 17.5 Å². The topological polar surface area (TPSA) is 153 Å². The maximum atomic E-state index is 13.0. The summed E-state index contributed by atoms with van der Waals surface area (Å²) in [6, 6.07) is 11.7. The second-order valence-electron chi connectivity index (χ2n) is 8.27. The maximum Gasteiger partial charge on any atom is 0.338 e. The molecule has 11 heteroatoms. The molecule has 1 heterocycles. The van der Waals surface area contributed by atoms with Crippen molar-refractivity contribution in [2.75, 3.05) is 11.9 Å². The van der Waals surface area contributed by atoms with Crippen LogP contribution in [-0.4, -0.2) is 35.0 Å². The highest BCUT2D eigenvalue weighted by Crippen LogP contribution is 2.30. The molecule has 1 aliphatic carbocycles. The Morgan fingerprint density at radius 3 is 2.54 bits per heavy atom. The predicted molar refractivity (Wildman–Crippen MR) is 134 cm³/mol. The molecule has 37 heavy (non-hydrogen) atoms. The predicted octanol–water partition coefficient (Wildman–Crippen LogP) is 4.40. The van der Waals surface area contributed by atoms with E-state index < -0.39 is 22.7 Å². The molecule has 0 radical (unpaired) electrons. The summed E-state index contributed by atoms with van der Waals surface area (Å²) in [7, 11) is 0. The lowest BCUT2D eigenvalue weighted by Gasteiger charge is -2.13. The molecule has 1 aromatic heterocycles. The fraction of sp³-hybridized carbons (Fsp3) is 0.231. The number of nitro groups is 1. The molecule has 0 atom stereocenters. The first kappa shape index (κ1) is 25.3. The number of rotatable bonds is 7. The molecule has 0 bridgehead atoms. The minimum absolute atomic E-state index is 0.104. The second-order valence-corrected chi connectivity index (χ2v) is 8.27. The van der Waals surface area contributed by atoms with E-state index in [1.54, 1.807) is 38.1 Å². The first-order valence-corrected chi connectivity index (χ1v) is 11.6. The van der Waals surface area contributed by atoms with Gasteiger partial charge in [-0.2, -0.15) is 5.10 Å². The van der Waals surface area contributed by atoms with Crippen LogP contribution in [0.25, 0.3) is 0 Å². The molecule has 2 amide bonds. The number of esters is 1. The zero-order chi connectivity index (χ0) is 26.5. The molecule has 0 unspecified atom stereocenters. The average Bonchev–Trinajstić information content (AvgIpc) is 3.25. The quantitative estimate of drug-likeness (QED) is 0.275. The molecule has 1 aliphatic rings. The van der Waals surface area contributed by atoms with E-state index in [1.807, 2.05) is 0 Å². The Bertz CT molecular complexity index is 1410. The number of anilines is 1. The van der Waals surface area contributed by atoms with Crippen molar-refractivity contribution < 1.29 is 28.5 Å². The highest BCUT2D eigenvalue weighted by atomic mass is 16.6. The van der Waals surface area contributed by atoms with Crippen LogP contribution in [0.3, 0.4) is 0 Å². The van der Waals surface area contributed by atoms with Crippen LogP contribution in [-0.2, 0) is 11.2 Å². The summed E-state index contributed by atoms with van der Waals surface area (Å²) in [4.78, 5) is 47.7. The van der Waals surface area contributed by atoms with Gasteiger partial charge in [-0.05, 0) is 57.0 Å². The molecular formula is C26H24N4O7. The zero-order valence-corrected chi connectivity index (χ0v) is 20.2. The van der Waals surface area contributed by atoms with Gasteiger partial charge in [-0.25, -0.2) is 10.2 Å². The molecule has 0 spiro atoms. The van der Waals surface area contributed by atoms with Crippen LogP contribution in [0.4, 0.5) is 11.4 Å². The van der Waals surface area contributed by atoms with Gasteiger partial charge in [-0.1, -0.05) is 6.07 Å². The second kappa shape index (κ2) is 10.9. The van der Waals surface area contributed by atoms with Gasteiger partial charge in [-0.15, -0.1) is 0 Å². The van der Waals surface area contributed by atoms with E-state index in [-0.39, 0.29) is 23.6 Å². The molecule has 2 N–H and O–H groups in total. The van der Waals surface area contributed by atoms with Crippen LogP contribution >= 0.6 is 0 Å². The lowest BCUT2D eigenvalue weighted by Crippen LogP contribution is -2.22. The minimum Gasteiger partial charge on any atom is -0.462 e. The van der Waals surface area contributed by atoms with Gasteiger partial charge < -0.3 is 14.5 Å². The first-order chi connectivity index (χ1) is 17.8. The van der Waals surface area contributed by atoms with Crippen molar-refractivity contribution in [2.45, 2.75) is 33.1 Å². The summed E-state index contributed by atoms with van der Waals surface area (Å²) < 4.78 is 10.8. The van der Waals surface area contributed by atoms with Gasteiger partial charge in [0.15, 0.2) is 5.76 Å². The van der Waals surface area contributed by atoms with E-state index in [4.69, 9.17) is 9.15 Å². The van der Waals surface area contributed by atoms with Crippen LogP contribution in [0.5, 0.6) is 0 Å². The Morgan fingerprint density at radius 2 is 1.84 bits per heavy atom. The summed E-state index contributed by atoms with van der Waals surface area (Å²) in [5, 5.41) is 18.0. The van der Waals surface area contributed by atoms with Crippen LogP contribution in [0.2, 0.25) is 0 Å². The highest BCUT2D eigenvalue weighted by Gasteiger charge is 2.28. The van der Waals surface area contributed by atoms with E-state index in [1.165, 1.54) is 24.3 Å². The normalized spacial score (nSPS) is 13.5. The van der Waals surface area contributed by atoms with Gasteiger partial charge in [-0.3, -0.25) is 19.7 Å². The van der Waals surface area contributed by atoms with Gasteiger partial charge in [0.1, 0.15) is 5.76 Å². The SMILES string of the molecule is CCOC(=O)c1ccc(NC(=O)c2oc3c(c2C)/C(=N/NC(=O)c2cccc([N+](=O)[O-])c2)CCC3)cc1. The molecule has 2 aromatic carbocycles. The number of nitrogens with zero attached hydrogens (tertiary/aromatic N) is 2. The van der Waals surface area contributed by atoms with Crippen molar-refractivity contribution in [3.05, 3.63) is 92.4 Å². The number of aryl methyl sites for hydroxylation is 1. The Morgan fingerprint density at radius 1 is 1.08 bits per heavy atom. The number of furan rings is 1. The van der Waals surface area contributed by atoms with Crippen molar-refractivity contribution in [1.82, 2.24) is 5.43 Å². The standard InChI is InChI=1S/C26H24N4O7/c1-3-36-26(33)16-10-12-18(13-11-16)27-25(32)23-15(2)22-20(8-5-9-21(22)37-23)28-29-24(31)17-6-4-7-19(14-17)30(34)35/h4,6-7,10-14H,3,5,8-9H2,1-2H3,(H,27,32)(H,29,31)/b28-20+. The first-order valence-electron chi connectivity index (χ1n) is 11.6. The highest BCUT2D eigenvalue weighted by molar-refractivity contribution is 6.09. The van der Waals surface area contributed by atoms with Crippen molar-refractivity contribution in [3.8, 4) is 0 Å². The number of hydrogen-bond acceptors (Lipinski definition) is 8. The molecular weight excluding hydrogens is 480 g/mol. The lowest BCUT2D eigenvalue weighted by molar-refractivity contribution is -0.384. The van der Waals surface area contributed by atoms with E-state index in [0.29, 0.717) is 53.1 Å². The number of benzene rings is 2. The number of fused-ring (bicyclic) bond motifs is 1. The number of nitro benzene ring substituents is 1. The third kappa shape index (κ3) is 5.56. The zero-order valence-electron chi connectivity index (χ0n) is 20.2. The Kier molecular flexibility index (Phi) is 7.42. The summed E-state index contributed by atoms with van der Waals surface area (Å²) in [5.41, 5.74) is 5.01. The van der Waals surface area contributed by atoms with E-state index in [9.17, 15) is 24.5 Å². The maximum absolute atomic E-state index is 13.0. The Hall–Kier alpha value is -4.80. The smallest absolute Gasteiger partial charge is 0.338 e. The van der Waals surface area contributed by atoms with Crippen molar-refractivity contribution in [1.29, 1.82) is 0 Å². The Labute approximate surface area is 211 Å². The fourth-order valence-electron chi connectivity index (χ4n) is 4.03. The number of ether oxygens (including phenoxy) is 1. The van der Waals surface area contributed by atoms with Crippen LogP contribution in [0.15, 0.2) is 58.0 Å². The molecule has 11 nitrogen and oxygen atoms in total. The van der Waals surface area contributed by atoms with Crippen LogP contribution in [0.1, 0.15) is 67.9 Å². The number of amides is 2. The van der Waals surface area contributed by atoms with Gasteiger partial charge in [0.05, 0.1) is 22.8 Å². The van der Waals surface area contributed by atoms with E-state index in [0.717, 1.165) is 0 Å². The van der Waals surface area contributed by atoms with E-state index >= 15 is 0 Å². The van der Waals surface area contributed by atoms with Crippen LogP contribution in [0, 0.1) is 17.0 Å². The Balaban J connectivity index is 1.51. The molecule has 190 valence electrons. The lowest BCUT2D eigenvalue weighted by atomic mass is 9.93. The number of non-ortho nitro benzene ring substituents is 1. The molecule has 0 saturated heterocycles. The molecule has 4 rings (SSSR count). The number of carbonyl (C=O) groups is 3. The fourth-order valence-corrected chi connectivity index (χ4v) is 4.03. The molecule has 0 aliphatic heterocycles. The largest absolute Gasteiger partial charge is 0.462 e. The van der Waals surface area contributed by atoms with Crippen molar-refractivity contribution in [2.24, 2.45) is 5.10 Å². The average molecular weight is 504 g/mol. The minimum atomic E-state index is -0.589. The summed E-state index contributed by atoms with van der Waals surface area (Å²) >= 11 is 0. The number of hydrogen-bond donors (Lipinski definition) is 2. The van der Waals surface area contributed by atoms with Crippen LogP contribution < -0.4 is 10.7 Å². The summed E-state index contributed by atoms with van der Waals surface area (Å²) in [6.45, 7) is 3.73. The number of carbonyl (C=O) groups excluding carboxylic acids is 3. The summed E-state index contributed by atoms with van der Waals surface area (Å²) in [5.74, 6) is -0.780. The molecule has 0 saturated carbocycles. The third-order valence-corrected chi connectivity index (χ3v) is 5.80. The monoisotopic (exact) mass is 504 g/mol. The number of hydrazone groups is 1. The van der Waals surface area contributed by atoms with E-state index in [2.05, 4.69) is 15.8 Å². The summed E-state index contributed by atoms with van der Waals surface area (Å²) in [6.07, 6.45) is 1.87. The third-order valence-electron chi connectivity index (χ3n) is 5.80. The molecule has 3 aromatic rings. The molecule has 0 fully saturated rings. The van der Waals surface area contributed by atoms with Gasteiger partial charge in [0, 0.05) is 40.9 Å². The van der Waals surface area contributed by atoms with Crippen molar-refractivity contribution in [3.63, 3.8) is 0 Å².